The first-order chi connectivity index (χ1) is 6.27. The van der Waals surface area contributed by atoms with Gasteiger partial charge in [0.2, 0.25) is 0 Å². The summed E-state index contributed by atoms with van der Waals surface area (Å²) < 4.78 is 0. The monoisotopic (exact) mass is 233 g/mol. The molecule has 5 heteroatoms. The van der Waals surface area contributed by atoms with E-state index in [2.05, 4.69) is 11.9 Å². The standard InChI is InChI=1S/C8H11NOS3/c1-5-7(12-3-2-11-5)8-9-6(10)4-13-8/h5,7H,2-4H2,1H3. The van der Waals surface area contributed by atoms with Gasteiger partial charge in [-0.25, -0.2) is 4.99 Å². The smallest absolute Gasteiger partial charge is 0.256 e. The van der Waals surface area contributed by atoms with Crippen molar-refractivity contribution in [2.24, 2.45) is 4.99 Å². The predicted molar refractivity (Wildman–Crippen MR) is 63.1 cm³/mol. The number of amides is 1. The van der Waals surface area contributed by atoms with Crippen LogP contribution in [0.25, 0.3) is 0 Å². The van der Waals surface area contributed by atoms with Gasteiger partial charge in [-0.2, -0.15) is 11.8 Å². The second-order valence-electron chi connectivity index (χ2n) is 3.00. The van der Waals surface area contributed by atoms with E-state index in [1.165, 1.54) is 11.5 Å². The molecular formula is C8H11NOS3. The third-order valence-electron chi connectivity index (χ3n) is 2.01. The zero-order chi connectivity index (χ0) is 9.26. The summed E-state index contributed by atoms with van der Waals surface area (Å²) in [5.74, 6) is 3.02. The van der Waals surface area contributed by atoms with Gasteiger partial charge in [0.25, 0.3) is 5.91 Å². The van der Waals surface area contributed by atoms with Gasteiger partial charge in [0.05, 0.1) is 16.0 Å². The molecule has 0 aromatic heterocycles. The number of aliphatic imine (C=N–C) groups is 1. The summed E-state index contributed by atoms with van der Waals surface area (Å²) in [5, 5.41) is 2.14. The fraction of sp³-hybridized carbons (Fsp3) is 0.750. The largest absolute Gasteiger partial charge is 0.272 e. The summed E-state index contributed by atoms with van der Waals surface area (Å²) in [6, 6.07) is 0. The fourth-order valence-corrected chi connectivity index (χ4v) is 5.37. The van der Waals surface area contributed by atoms with Crippen molar-refractivity contribution >= 4 is 46.2 Å². The SMILES string of the molecule is CC1SCCSC1C1=NC(=O)CS1. The van der Waals surface area contributed by atoms with Crippen molar-refractivity contribution in [1.29, 1.82) is 0 Å². The normalized spacial score (nSPS) is 34.8. The number of rotatable bonds is 1. The van der Waals surface area contributed by atoms with Crippen LogP contribution in [0.1, 0.15) is 6.92 Å². The van der Waals surface area contributed by atoms with E-state index in [1.807, 2.05) is 23.5 Å². The van der Waals surface area contributed by atoms with Crippen LogP contribution in [0.3, 0.4) is 0 Å². The van der Waals surface area contributed by atoms with Crippen LogP contribution in [0.2, 0.25) is 0 Å². The van der Waals surface area contributed by atoms with Gasteiger partial charge in [-0.3, -0.25) is 4.79 Å². The number of carbonyl (C=O) groups is 1. The van der Waals surface area contributed by atoms with Crippen LogP contribution < -0.4 is 0 Å². The molecule has 0 aromatic rings. The predicted octanol–water partition coefficient (Wildman–Crippen LogP) is 1.90. The van der Waals surface area contributed by atoms with Crippen molar-refractivity contribution in [2.45, 2.75) is 17.4 Å². The van der Waals surface area contributed by atoms with E-state index in [4.69, 9.17) is 0 Å². The van der Waals surface area contributed by atoms with Crippen LogP contribution in [0.4, 0.5) is 0 Å². The molecule has 0 spiro atoms. The summed E-state index contributed by atoms with van der Waals surface area (Å²) in [6.45, 7) is 2.23. The van der Waals surface area contributed by atoms with E-state index in [-0.39, 0.29) is 5.91 Å². The highest BCUT2D eigenvalue weighted by molar-refractivity contribution is 8.18. The molecule has 1 fully saturated rings. The highest BCUT2D eigenvalue weighted by Gasteiger charge is 2.30. The summed E-state index contributed by atoms with van der Waals surface area (Å²) in [7, 11) is 0. The van der Waals surface area contributed by atoms with Gasteiger partial charge < -0.3 is 0 Å². The lowest BCUT2D eigenvalue weighted by molar-refractivity contribution is -0.115. The molecule has 1 amide bonds. The maximum atomic E-state index is 11.0. The summed E-state index contributed by atoms with van der Waals surface area (Å²) in [6.07, 6.45) is 0. The second kappa shape index (κ2) is 4.28. The van der Waals surface area contributed by atoms with Crippen LogP contribution in [-0.4, -0.2) is 38.7 Å². The molecular weight excluding hydrogens is 222 g/mol. The van der Waals surface area contributed by atoms with E-state index in [9.17, 15) is 4.79 Å². The quantitative estimate of drug-likeness (QED) is 0.692. The molecule has 13 heavy (non-hydrogen) atoms. The van der Waals surface area contributed by atoms with Gasteiger partial charge in [-0.05, 0) is 0 Å². The molecule has 2 rings (SSSR count). The third kappa shape index (κ3) is 2.25. The molecule has 2 unspecified atom stereocenters. The molecule has 2 atom stereocenters. The first-order valence-corrected chi connectivity index (χ1v) is 7.33. The maximum Gasteiger partial charge on any atom is 0.256 e. The number of carbonyl (C=O) groups excluding carboxylic acids is 1. The van der Waals surface area contributed by atoms with Crippen molar-refractivity contribution in [3.63, 3.8) is 0 Å². The van der Waals surface area contributed by atoms with Gasteiger partial charge >= 0.3 is 0 Å². The number of hydrogen-bond acceptors (Lipinski definition) is 4. The van der Waals surface area contributed by atoms with E-state index in [0.717, 1.165) is 5.04 Å². The van der Waals surface area contributed by atoms with Gasteiger partial charge in [0.15, 0.2) is 0 Å². The molecule has 0 radical (unpaired) electrons. The minimum absolute atomic E-state index is 0.0448. The van der Waals surface area contributed by atoms with E-state index in [0.29, 0.717) is 16.3 Å². The van der Waals surface area contributed by atoms with Gasteiger partial charge in [0, 0.05) is 16.8 Å². The van der Waals surface area contributed by atoms with Crippen LogP contribution in [-0.2, 0) is 4.79 Å². The minimum atomic E-state index is 0.0448. The molecule has 2 heterocycles. The highest BCUT2D eigenvalue weighted by Crippen LogP contribution is 2.35. The molecule has 2 nitrogen and oxygen atoms in total. The Kier molecular flexibility index (Phi) is 3.26. The molecule has 1 saturated heterocycles. The molecule has 0 aromatic carbocycles. The number of nitrogens with zero attached hydrogens (tertiary/aromatic N) is 1. The van der Waals surface area contributed by atoms with E-state index >= 15 is 0 Å². The lowest BCUT2D eigenvalue weighted by Gasteiger charge is -2.27. The first-order valence-electron chi connectivity index (χ1n) is 4.25. The van der Waals surface area contributed by atoms with Crippen LogP contribution in [0, 0.1) is 0 Å². The lowest BCUT2D eigenvalue weighted by atomic mass is 10.3. The third-order valence-corrected chi connectivity index (χ3v) is 6.29. The van der Waals surface area contributed by atoms with Gasteiger partial charge in [0.1, 0.15) is 0 Å². The molecule has 0 bridgehead atoms. The van der Waals surface area contributed by atoms with Crippen molar-refractivity contribution < 1.29 is 4.79 Å². The zero-order valence-electron chi connectivity index (χ0n) is 7.36. The van der Waals surface area contributed by atoms with Gasteiger partial charge in [-0.1, -0.05) is 18.7 Å². The molecule has 72 valence electrons. The minimum Gasteiger partial charge on any atom is -0.272 e. The first kappa shape index (κ1) is 9.93. The van der Waals surface area contributed by atoms with Crippen molar-refractivity contribution in [1.82, 2.24) is 0 Å². The summed E-state index contributed by atoms with van der Waals surface area (Å²) >= 11 is 5.56. The van der Waals surface area contributed by atoms with Gasteiger partial charge in [-0.15, -0.1) is 11.8 Å². The Labute approximate surface area is 90.7 Å². The lowest BCUT2D eigenvalue weighted by Crippen LogP contribution is -2.28. The summed E-state index contributed by atoms with van der Waals surface area (Å²) in [5.41, 5.74) is 0. The Balaban J connectivity index is 2.06. The topological polar surface area (TPSA) is 29.4 Å². The second-order valence-corrected chi connectivity index (χ2v) is 6.73. The summed E-state index contributed by atoms with van der Waals surface area (Å²) in [4.78, 5) is 15.0. The van der Waals surface area contributed by atoms with Crippen LogP contribution in [0.5, 0.6) is 0 Å². The Morgan fingerprint density at radius 1 is 1.38 bits per heavy atom. The van der Waals surface area contributed by atoms with Crippen LogP contribution >= 0.6 is 35.3 Å². The molecule has 0 saturated carbocycles. The maximum absolute atomic E-state index is 11.0. The fourth-order valence-electron chi connectivity index (χ4n) is 1.37. The average Bonchev–Trinajstić information content (AvgIpc) is 2.53. The Morgan fingerprint density at radius 2 is 2.15 bits per heavy atom. The Hall–Kier alpha value is 0.390. The van der Waals surface area contributed by atoms with Crippen molar-refractivity contribution in [3.8, 4) is 0 Å². The average molecular weight is 233 g/mol. The molecule has 0 aliphatic carbocycles. The van der Waals surface area contributed by atoms with Crippen molar-refractivity contribution in [3.05, 3.63) is 0 Å². The number of hydrogen-bond donors (Lipinski definition) is 0. The van der Waals surface area contributed by atoms with E-state index < -0.39 is 0 Å². The zero-order valence-corrected chi connectivity index (χ0v) is 9.81. The highest BCUT2D eigenvalue weighted by atomic mass is 32.2. The van der Waals surface area contributed by atoms with Crippen molar-refractivity contribution in [2.75, 3.05) is 17.3 Å². The van der Waals surface area contributed by atoms with E-state index in [1.54, 1.807) is 11.8 Å². The molecule has 2 aliphatic rings. The Bertz CT molecular complexity index is 254. The molecule has 2 aliphatic heterocycles. The van der Waals surface area contributed by atoms with Crippen LogP contribution in [0.15, 0.2) is 4.99 Å². The number of thioether (sulfide) groups is 3. The Morgan fingerprint density at radius 3 is 2.77 bits per heavy atom. The molecule has 0 N–H and O–H groups in total.